The molecule has 2 N–H and O–H groups in total. The standard InChI is InChI=1S/C20H21ClN2O4/c1-13-5-3-8-17(14(13)2)23-19(25)12-27-20(26)10-9-18(24)22-16-7-4-6-15(21)11-16/h3-8,11H,9-10,12H2,1-2H3,(H,22,24)(H,23,25). The first kappa shape index (κ1) is 20.5. The zero-order valence-electron chi connectivity index (χ0n) is 15.2. The lowest BCUT2D eigenvalue weighted by Gasteiger charge is -2.10. The molecule has 2 amide bonds. The maximum absolute atomic E-state index is 11.9. The number of esters is 1. The summed E-state index contributed by atoms with van der Waals surface area (Å²) in [5.74, 6) is -1.39. The van der Waals surface area contributed by atoms with Crippen LogP contribution in [0.5, 0.6) is 0 Å². The minimum atomic E-state index is -0.618. The SMILES string of the molecule is Cc1cccc(NC(=O)COC(=O)CCC(=O)Nc2cccc(Cl)c2)c1C. The van der Waals surface area contributed by atoms with Gasteiger partial charge >= 0.3 is 5.97 Å². The highest BCUT2D eigenvalue weighted by atomic mass is 35.5. The molecule has 0 heterocycles. The summed E-state index contributed by atoms with van der Waals surface area (Å²) < 4.78 is 4.91. The second kappa shape index (κ2) is 9.73. The van der Waals surface area contributed by atoms with Gasteiger partial charge in [-0.05, 0) is 49.2 Å². The monoisotopic (exact) mass is 388 g/mol. The number of hydrogen-bond donors (Lipinski definition) is 2. The van der Waals surface area contributed by atoms with Crippen LogP contribution >= 0.6 is 11.6 Å². The van der Waals surface area contributed by atoms with Crippen LogP contribution in [0.3, 0.4) is 0 Å². The molecule has 0 aliphatic heterocycles. The number of halogens is 1. The zero-order valence-corrected chi connectivity index (χ0v) is 15.9. The van der Waals surface area contributed by atoms with Crippen molar-refractivity contribution in [2.75, 3.05) is 17.2 Å². The molecule has 0 saturated carbocycles. The molecule has 0 radical (unpaired) electrons. The van der Waals surface area contributed by atoms with Crippen molar-refractivity contribution in [1.29, 1.82) is 0 Å². The Morgan fingerprint density at radius 1 is 0.963 bits per heavy atom. The van der Waals surface area contributed by atoms with Crippen LogP contribution in [0.2, 0.25) is 5.02 Å². The zero-order chi connectivity index (χ0) is 19.8. The lowest BCUT2D eigenvalue weighted by atomic mass is 10.1. The Morgan fingerprint density at radius 3 is 2.44 bits per heavy atom. The predicted octanol–water partition coefficient (Wildman–Crippen LogP) is 3.86. The minimum absolute atomic E-state index is 0.0516. The predicted molar refractivity (Wildman–Crippen MR) is 105 cm³/mol. The molecule has 27 heavy (non-hydrogen) atoms. The Labute approximate surface area is 162 Å². The maximum atomic E-state index is 11.9. The first-order chi connectivity index (χ1) is 12.8. The van der Waals surface area contributed by atoms with Crippen LogP contribution < -0.4 is 10.6 Å². The molecule has 0 saturated heterocycles. The molecule has 0 aliphatic carbocycles. The molecule has 7 heteroatoms. The quantitative estimate of drug-likeness (QED) is 0.705. The fraction of sp³-hybridized carbons (Fsp3) is 0.250. The van der Waals surface area contributed by atoms with E-state index in [4.69, 9.17) is 16.3 Å². The van der Waals surface area contributed by atoms with Crippen molar-refractivity contribution in [2.45, 2.75) is 26.7 Å². The number of aryl methyl sites for hydroxylation is 1. The number of ether oxygens (including phenoxy) is 1. The van der Waals surface area contributed by atoms with Gasteiger partial charge in [-0.1, -0.05) is 29.8 Å². The molecule has 6 nitrogen and oxygen atoms in total. The number of carbonyl (C=O) groups excluding carboxylic acids is 3. The Kier molecular flexibility index (Phi) is 7.37. The van der Waals surface area contributed by atoms with Gasteiger partial charge in [0.1, 0.15) is 0 Å². The molecular formula is C20H21ClN2O4. The van der Waals surface area contributed by atoms with Gasteiger partial charge in [0.15, 0.2) is 6.61 Å². The van der Waals surface area contributed by atoms with Crippen molar-refractivity contribution < 1.29 is 19.1 Å². The third-order valence-electron chi connectivity index (χ3n) is 3.91. The highest BCUT2D eigenvalue weighted by Crippen LogP contribution is 2.18. The molecule has 0 aliphatic rings. The van der Waals surface area contributed by atoms with E-state index in [-0.39, 0.29) is 18.7 Å². The van der Waals surface area contributed by atoms with Gasteiger partial charge in [-0.3, -0.25) is 14.4 Å². The molecule has 2 aromatic carbocycles. The summed E-state index contributed by atoms with van der Waals surface area (Å²) in [6, 6.07) is 12.3. The minimum Gasteiger partial charge on any atom is -0.456 e. The number of carbonyl (C=O) groups is 3. The summed E-state index contributed by atoms with van der Waals surface area (Å²) in [6.45, 7) is 3.44. The molecule has 0 aromatic heterocycles. The summed E-state index contributed by atoms with van der Waals surface area (Å²) in [4.78, 5) is 35.5. The van der Waals surface area contributed by atoms with E-state index in [2.05, 4.69) is 10.6 Å². The van der Waals surface area contributed by atoms with Crippen molar-refractivity contribution in [1.82, 2.24) is 0 Å². The molecule has 0 unspecified atom stereocenters. The van der Waals surface area contributed by atoms with Gasteiger partial charge in [0, 0.05) is 22.8 Å². The fourth-order valence-electron chi connectivity index (χ4n) is 2.30. The first-order valence-electron chi connectivity index (χ1n) is 8.42. The smallest absolute Gasteiger partial charge is 0.306 e. The van der Waals surface area contributed by atoms with Crippen LogP contribution in [0.4, 0.5) is 11.4 Å². The van der Waals surface area contributed by atoms with Gasteiger partial charge in [-0.2, -0.15) is 0 Å². The molecule has 2 aromatic rings. The summed E-state index contributed by atoms with van der Waals surface area (Å²) in [5, 5.41) is 5.84. The second-order valence-electron chi connectivity index (χ2n) is 6.01. The van der Waals surface area contributed by atoms with E-state index in [9.17, 15) is 14.4 Å². The van der Waals surface area contributed by atoms with Crippen LogP contribution in [0, 0.1) is 13.8 Å². The topological polar surface area (TPSA) is 84.5 Å². The Morgan fingerprint density at radius 2 is 1.70 bits per heavy atom. The highest BCUT2D eigenvalue weighted by molar-refractivity contribution is 6.30. The number of amides is 2. The van der Waals surface area contributed by atoms with Crippen LogP contribution in [0.15, 0.2) is 42.5 Å². The number of rotatable bonds is 7. The highest BCUT2D eigenvalue weighted by Gasteiger charge is 2.12. The number of benzene rings is 2. The van der Waals surface area contributed by atoms with Crippen LogP contribution in [-0.2, 0) is 19.1 Å². The molecule has 0 fully saturated rings. The summed E-state index contributed by atoms with van der Waals surface area (Å²) >= 11 is 5.84. The first-order valence-corrected chi connectivity index (χ1v) is 8.80. The summed E-state index contributed by atoms with van der Waals surface area (Å²) in [7, 11) is 0. The Bertz CT molecular complexity index is 852. The lowest BCUT2D eigenvalue weighted by molar-refractivity contribution is -0.147. The van der Waals surface area contributed by atoms with Crippen LogP contribution in [0.25, 0.3) is 0 Å². The van der Waals surface area contributed by atoms with E-state index in [1.54, 1.807) is 30.3 Å². The van der Waals surface area contributed by atoms with Crippen molar-refractivity contribution in [3.05, 3.63) is 58.6 Å². The van der Waals surface area contributed by atoms with Crippen molar-refractivity contribution in [3.8, 4) is 0 Å². The summed E-state index contributed by atoms with van der Waals surface area (Å²) in [5.41, 5.74) is 3.23. The van der Waals surface area contributed by atoms with E-state index in [1.165, 1.54) is 0 Å². The van der Waals surface area contributed by atoms with Gasteiger partial charge in [-0.15, -0.1) is 0 Å². The van der Waals surface area contributed by atoms with Gasteiger partial charge in [0.2, 0.25) is 5.91 Å². The average molecular weight is 389 g/mol. The molecule has 0 bridgehead atoms. The van der Waals surface area contributed by atoms with E-state index in [1.807, 2.05) is 26.0 Å². The lowest BCUT2D eigenvalue weighted by Crippen LogP contribution is -2.22. The average Bonchev–Trinajstić information content (AvgIpc) is 2.62. The van der Waals surface area contributed by atoms with E-state index in [0.717, 1.165) is 11.1 Å². The second-order valence-corrected chi connectivity index (χ2v) is 6.45. The number of anilines is 2. The number of hydrogen-bond acceptors (Lipinski definition) is 4. The fourth-order valence-corrected chi connectivity index (χ4v) is 2.49. The molecule has 0 spiro atoms. The third-order valence-corrected chi connectivity index (χ3v) is 4.14. The normalized spacial score (nSPS) is 10.2. The van der Waals surface area contributed by atoms with E-state index in [0.29, 0.717) is 16.4 Å². The van der Waals surface area contributed by atoms with Crippen LogP contribution in [-0.4, -0.2) is 24.4 Å². The van der Waals surface area contributed by atoms with Crippen molar-refractivity contribution >= 4 is 40.8 Å². The Hall–Kier alpha value is -2.86. The van der Waals surface area contributed by atoms with Gasteiger partial charge < -0.3 is 15.4 Å². The van der Waals surface area contributed by atoms with Gasteiger partial charge in [-0.25, -0.2) is 0 Å². The molecule has 2 rings (SSSR count). The molecule has 142 valence electrons. The largest absolute Gasteiger partial charge is 0.456 e. The summed E-state index contributed by atoms with van der Waals surface area (Å²) in [6.07, 6.45) is -0.174. The van der Waals surface area contributed by atoms with Gasteiger partial charge in [0.25, 0.3) is 5.91 Å². The molecule has 0 atom stereocenters. The Balaban J connectivity index is 1.71. The van der Waals surface area contributed by atoms with Crippen molar-refractivity contribution in [3.63, 3.8) is 0 Å². The van der Waals surface area contributed by atoms with E-state index < -0.39 is 18.5 Å². The van der Waals surface area contributed by atoms with Crippen LogP contribution in [0.1, 0.15) is 24.0 Å². The molecular weight excluding hydrogens is 368 g/mol. The van der Waals surface area contributed by atoms with E-state index >= 15 is 0 Å². The number of nitrogens with one attached hydrogen (secondary N) is 2. The van der Waals surface area contributed by atoms with Crippen molar-refractivity contribution in [2.24, 2.45) is 0 Å². The third kappa shape index (κ3) is 6.75. The maximum Gasteiger partial charge on any atom is 0.306 e. The van der Waals surface area contributed by atoms with Gasteiger partial charge in [0.05, 0.1) is 6.42 Å².